The number of ether oxygens (including phenoxy) is 3. The lowest BCUT2D eigenvalue weighted by molar-refractivity contribution is 0.0916. The molecule has 1 aliphatic heterocycles. The van der Waals surface area contributed by atoms with Gasteiger partial charge in [-0.3, -0.25) is 4.79 Å². The molecule has 1 unspecified atom stereocenters. The van der Waals surface area contributed by atoms with Gasteiger partial charge in [0.25, 0.3) is 5.91 Å². The van der Waals surface area contributed by atoms with Gasteiger partial charge < -0.3 is 29.5 Å². The Hall–Kier alpha value is -2.93. The van der Waals surface area contributed by atoms with Crippen molar-refractivity contribution >= 4 is 11.6 Å². The summed E-state index contributed by atoms with van der Waals surface area (Å²) in [5.41, 5.74) is 3.48. The number of fused-ring (bicyclic) bond motifs is 1. The molecule has 0 saturated heterocycles. The highest BCUT2D eigenvalue weighted by Gasteiger charge is 2.20. The molecule has 1 heterocycles. The minimum atomic E-state index is -0.918. The van der Waals surface area contributed by atoms with E-state index in [1.54, 1.807) is 12.1 Å². The van der Waals surface area contributed by atoms with Crippen LogP contribution in [0.25, 0.3) is 0 Å². The lowest BCUT2D eigenvalue weighted by atomic mass is 10.1. The molecule has 28 heavy (non-hydrogen) atoms. The third-order valence-corrected chi connectivity index (χ3v) is 5.00. The number of carbonyl (C=O) groups excluding carboxylic acids is 1. The number of hydrogen-bond acceptors (Lipinski definition) is 6. The van der Waals surface area contributed by atoms with Crippen molar-refractivity contribution in [1.82, 2.24) is 5.32 Å². The molecule has 3 rings (SSSR count). The van der Waals surface area contributed by atoms with Gasteiger partial charge in [0.2, 0.25) is 5.75 Å². The lowest BCUT2D eigenvalue weighted by Crippen LogP contribution is -2.28. The van der Waals surface area contributed by atoms with Crippen LogP contribution in [0.4, 0.5) is 5.69 Å². The first kappa shape index (κ1) is 19.8. The Bertz CT molecular complexity index is 843. The molecule has 0 spiro atoms. The zero-order valence-corrected chi connectivity index (χ0v) is 16.6. The molecule has 1 atom stereocenters. The molecule has 2 aromatic rings. The molecule has 1 aliphatic rings. The second-order valence-electron chi connectivity index (χ2n) is 6.70. The molecule has 0 saturated carbocycles. The van der Waals surface area contributed by atoms with E-state index in [0.717, 1.165) is 18.7 Å². The Kier molecular flexibility index (Phi) is 5.94. The largest absolute Gasteiger partial charge is 0.493 e. The first-order valence-electron chi connectivity index (χ1n) is 9.08. The van der Waals surface area contributed by atoms with Crippen molar-refractivity contribution in [1.29, 1.82) is 0 Å². The number of methoxy groups -OCH3 is 3. The Labute approximate surface area is 164 Å². The van der Waals surface area contributed by atoms with Gasteiger partial charge in [0.1, 0.15) is 0 Å². The van der Waals surface area contributed by atoms with Crippen molar-refractivity contribution in [3.63, 3.8) is 0 Å². The van der Waals surface area contributed by atoms with Gasteiger partial charge in [-0.05, 0) is 47.9 Å². The Morgan fingerprint density at radius 2 is 1.82 bits per heavy atom. The van der Waals surface area contributed by atoms with Gasteiger partial charge in [-0.15, -0.1) is 0 Å². The number of nitrogens with zero attached hydrogens (tertiary/aromatic N) is 1. The van der Waals surface area contributed by atoms with Gasteiger partial charge >= 0.3 is 0 Å². The van der Waals surface area contributed by atoms with Crippen LogP contribution in [0, 0.1) is 0 Å². The molecule has 0 aromatic heterocycles. The quantitative estimate of drug-likeness (QED) is 0.759. The SMILES string of the molecule is COc1cc(C(O)CNC(=O)c2ccc3c(c2)CCN3C)cc(OC)c1OC. The summed E-state index contributed by atoms with van der Waals surface area (Å²) >= 11 is 0. The van der Waals surface area contributed by atoms with Gasteiger partial charge in [-0.2, -0.15) is 0 Å². The molecular formula is C21H26N2O5. The highest BCUT2D eigenvalue weighted by Crippen LogP contribution is 2.39. The minimum Gasteiger partial charge on any atom is -0.493 e. The number of likely N-dealkylation sites (N-methyl/N-ethyl adjacent to an activating group) is 1. The predicted molar refractivity (Wildman–Crippen MR) is 107 cm³/mol. The molecule has 2 aromatic carbocycles. The molecule has 1 amide bonds. The van der Waals surface area contributed by atoms with Crippen molar-refractivity contribution in [2.24, 2.45) is 0 Å². The van der Waals surface area contributed by atoms with Crippen molar-refractivity contribution in [3.8, 4) is 17.2 Å². The molecule has 0 bridgehead atoms. The zero-order chi connectivity index (χ0) is 20.3. The van der Waals surface area contributed by atoms with Crippen LogP contribution in [-0.4, -0.2) is 52.5 Å². The van der Waals surface area contributed by atoms with Crippen LogP contribution in [0.15, 0.2) is 30.3 Å². The Morgan fingerprint density at radius 1 is 1.14 bits per heavy atom. The molecule has 0 radical (unpaired) electrons. The van der Waals surface area contributed by atoms with E-state index < -0.39 is 6.10 Å². The first-order valence-corrected chi connectivity index (χ1v) is 9.08. The third-order valence-electron chi connectivity index (χ3n) is 5.00. The standard InChI is InChI=1S/C21H26N2O5/c1-23-8-7-13-9-14(5-6-16(13)23)21(25)22-12-17(24)15-10-18(26-2)20(28-4)19(11-15)27-3/h5-6,9-11,17,24H,7-8,12H2,1-4H3,(H,22,25). The summed E-state index contributed by atoms with van der Waals surface area (Å²) in [6, 6.07) is 9.03. The summed E-state index contributed by atoms with van der Waals surface area (Å²) in [5, 5.41) is 13.3. The Morgan fingerprint density at radius 3 is 2.43 bits per heavy atom. The fourth-order valence-electron chi connectivity index (χ4n) is 3.41. The number of carbonyl (C=O) groups is 1. The van der Waals surface area contributed by atoms with Gasteiger partial charge in [-0.1, -0.05) is 0 Å². The van der Waals surface area contributed by atoms with Crippen molar-refractivity contribution in [2.45, 2.75) is 12.5 Å². The van der Waals surface area contributed by atoms with Crippen molar-refractivity contribution < 1.29 is 24.1 Å². The molecule has 7 heteroatoms. The second-order valence-corrected chi connectivity index (χ2v) is 6.70. The number of hydrogen-bond donors (Lipinski definition) is 2. The Balaban J connectivity index is 1.70. The highest BCUT2D eigenvalue weighted by molar-refractivity contribution is 5.95. The van der Waals surface area contributed by atoms with Crippen molar-refractivity contribution in [3.05, 3.63) is 47.0 Å². The van der Waals surface area contributed by atoms with Crippen LogP contribution >= 0.6 is 0 Å². The van der Waals surface area contributed by atoms with Gasteiger partial charge in [0, 0.05) is 31.4 Å². The van der Waals surface area contributed by atoms with E-state index in [4.69, 9.17) is 14.2 Å². The van der Waals surface area contributed by atoms with Crippen LogP contribution in [0.3, 0.4) is 0 Å². The van der Waals surface area contributed by atoms with Crippen LogP contribution < -0.4 is 24.4 Å². The normalized spacial score (nSPS) is 13.7. The minimum absolute atomic E-state index is 0.0639. The maximum Gasteiger partial charge on any atom is 0.251 e. The van der Waals surface area contributed by atoms with E-state index in [9.17, 15) is 9.90 Å². The molecular weight excluding hydrogens is 360 g/mol. The summed E-state index contributed by atoms with van der Waals surface area (Å²) in [6.07, 6.45) is 0.0132. The molecule has 0 fully saturated rings. The topological polar surface area (TPSA) is 80.3 Å². The average molecular weight is 386 g/mol. The molecule has 7 nitrogen and oxygen atoms in total. The van der Waals surface area contributed by atoms with E-state index in [2.05, 4.69) is 10.2 Å². The van der Waals surface area contributed by atoms with Crippen LogP contribution in [0.1, 0.15) is 27.6 Å². The molecule has 2 N–H and O–H groups in total. The zero-order valence-electron chi connectivity index (χ0n) is 16.6. The summed E-state index contributed by atoms with van der Waals surface area (Å²) in [6.45, 7) is 1.02. The number of nitrogens with one attached hydrogen (secondary N) is 1. The van der Waals surface area contributed by atoms with E-state index in [0.29, 0.717) is 28.4 Å². The van der Waals surface area contributed by atoms with E-state index >= 15 is 0 Å². The maximum atomic E-state index is 12.5. The molecule has 150 valence electrons. The monoisotopic (exact) mass is 386 g/mol. The molecule has 0 aliphatic carbocycles. The second kappa shape index (κ2) is 8.39. The maximum absolute atomic E-state index is 12.5. The third kappa shape index (κ3) is 3.84. The number of rotatable bonds is 7. The van der Waals surface area contributed by atoms with Crippen LogP contribution in [0.5, 0.6) is 17.2 Å². The number of anilines is 1. The number of aliphatic hydroxyl groups is 1. The number of aliphatic hydroxyl groups excluding tert-OH is 1. The van der Waals surface area contributed by atoms with Gasteiger partial charge in [0.05, 0.1) is 27.4 Å². The summed E-state index contributed by atoms with van der Waals surface area (Å²) in [5.74, 6) is 1.13. The highest BCUT2D eigenvalue weighted by atomic mass is 16.5. The predicted octanol–water partition coefficient (Wildman–Crippen LogP) is 2.17. The summed E-state index contributed by atoms with van der Waals surface area (Å²) in [4.78, 5) is 14.7. The fourth-order valence-corrected chi connectivity index (χ4v) is 3.41. The number of amides is 1. The first-order chi connectivity index (χ1) is 13.5. The van der Waals surface area contributed by atoms with Crippen LogP contribution in [0.2, 0.25) is 0 Å². The van der Waals surface area contributed by atoms with E-state index in [1.807, 2.05) is 25.2 Å². The lowest BCUT2D eigenvalue weighted by Gasteiger charge is -2.17. The van der Waals surface area contributed by atoms with Gasteiger partial charge in [0.15, 0.2) is 11.5 Å². The van der Waals surface area contributed by atoms with E-state index in [1.165, 1.54) is 26.9 Å². The average Bonchev–Trinajstić information content (AvgIpc) is 3.10. The van der Waals surface area contributed by atoms with E-state index in [-0.39, 0.29) is 12.5 Å². The van der Waals surface area contributed by atoms with Gasteiger partial charge in [-0.25, -0.2) is 0 Å². The van der Waals surface area contributed by atoms with Crippen LogP contribution in [-0.2, 0) is 6.42 Å². The smallest absolute Gasteiger partial charge is 0.251 e. The number of benzene rings is 2. The fraction of sp³-hybridized carbons (Fsp3) is 0.381. The summed E-state index contributed by atoms with van der Waals surface area (Å²) < 4.78 is 15.9. The summed E-state index contributed by atoms with van der Waals surface area (Å²) in [7, 11) is 6.59. The van der Waals surface area contributed by atoms with Crippen molar-refractivity contribution in [2.75, 3.05) is 46.4 Å².